The van der Waals surface area contributed by atoms with Gasteiger partial charge in [0, 0.05) is 20.0 Å². The van der Waals surface area contributed by atoms with Gasteiger partial charge in [-0.05, 0) is 82.7 Å². The quantitative estimate of drug-likeness (QED) is 0.0242. The van der Waals surface area contributed by atoms with Crippen molar-refractivity contribution < 1.29 is 19.4 Å². The normalized spacial score (nSPS) is 11.7. The van der Waals surface area contributed by atoms with Gasteiger partial charge in [0.25, 0.3) is 6.47 Å². The molecule has 0 saturated heterocycles. The van der Waals surface area contributed by atoms with Gasteiger partial charge in [-0.1, -0.05) is 207 Å². The second-order valence-electron chi connectivity index (χ2n) is 17.3. The highest BCUT2D eigenvalue weighted by Crippen LogP contribution is 2.25. The summed E-state index contributed by atoms with van der Waals surface area (Å²) >= 11 is 5.29. The van der Waals surface area contributed by atoms with E-state index < -0.39 is 0 Å². The minimum Gasteiger partial charge on any atom is -0.483 e. The smallest absolute Gasteiger partial charge is 0.306 e. The molecule has 1 unspecified atom stereocenters. The number of thiocarbonyl (C=S) groups is 1. The van der Waals surface area contributed by atoms with Crippen LogP contribution in [0.3, 0.4) is 0 Å². The lowest BCUT2D eigenvalue weighted by atomic mass is 9.89. The van der Waals surface area contributed by atoms with Gasteiger partial charge in [0.05, 0.1) is 0 Å². The van der Waals surface area contributed by atoms with Crippen LogP contribution < -0.4 is 10.6 Å². The molecule has 0 aliphatic carbocycles. The Hall–Kier alpha value is -1.41. The molecule has 0 fully saturated rings. The number of carbonyl (C=O) groups excluding carboxylic acids is 1. The molecule has 0 saturated carbocycles. The summed E-state index contributed by atoms with van der Waals surface area (Å²) in [6.45, 7) is 13.3. The topological polar surface area (TPSA) is 90.9 Å². The number of carbonyl (C=O) groups is 2. The Kier molecular flexibility index (Phi) is 50.5. The highest BCUT2D eigenvalue weighted by Gasteiger charge is 2.14. The minimum atomic E-state index is -0.250. The molecule has 346 valence electrons. The van der Waals surface area contributed by atoms with Crippen molar-refractivity contribution in [3.05, 3.63) is 0 Å². The van der Waals surface area contributed by atoms with Crippen molar-refractivity contribution in [3.63, 3.8) is 0 Å². The van der Waals surface area contributed by atoms with Crippen LogP contribution in [0.4, 0.5) is 0 Å². The molecule has 7 nitrogen and oxygen atoms in total. The Bertz CT molecular complexity index is 832. The number of nitrogens with one attached hydrogen (secondary N) is 2. The van der Waals surface area contributed by atoms with E-state index in [2.05, 4.69) is 43.2 Å². The van der Waals surface area contributed by atoms with Crippen LogP contribution in [-0.2, 0) is 14.3 Å². The molecule has 58 heavy (non-hydrogen) atoms. The molecule has 8 heteroatoms. The Balaban J connectivity index is 0. The summed E-state index contributed by atoms with van der Waals surface area (Å²) in [5.41, 5.74) is 0. The average Bonchev–Trinajstić information content (AvgIpc) is 3.21. The first-order valence-electron chi connectivity index (χ1n) is 25.4. The molecule has 1 atom stereocenters. The number of rotatable bonds is 44. The second kappa shape index (κ2) is 49.9. The molecule has 0 heterocycles. The van der Waals surface area contributed by atoms with E-state index in [0.29, 0.717) is 6.42 Å². The van der Waals surface area contributed by atoms with Gasteiger partial charge in [0.1, 0.15) is 6.10 Å². The van der Waals surface area contributed by atoms with E-state index in [9.17, 15) is 4.79 Å². The number of unbranched alkanes of at least 4 members (excludes halogenated alkanes) is 23. The van der Waals surface area contributed by atoms with Gasteiger partial charge in [-0.3, -0.25) is 9.59 Å². The number of ether oxygens (including phenoxy) is 1. The maximum atomic E-state index is 12.6. The SMILES string of the molecule is CCCCCCCCC(CCCCCCCC)CCCCCCCN(CCCCCCCC(=O)OC(CCC)CCCCCCCC)CCCNC(=S)NC.O=CO. The highest BCUT2D eigenvalue weighted by atomic mass is 32.1. The zero-order valence-corrected chi connectivity index (χ0v) is 40.4. The van der Waals surface area contributed by atoms with Gasteiger partial charge < -0.3 is 25.4 Å². The zero-order chi connectivity index (χ0) is 43.0. The number of hydrogen-bond acceptors (Lipinski definition) is 5. The molecule has 0 spiro atoms. The first-order valence-corrected chi connectivity index (χ1v) is 25.8. The molecule has 0 aliphatic heterocycles. The lowest BCUT2D eigenvalue weighted by Gasteiger charge is -2.23. The number of carboxylic acid groups (broad SMARTS) is 1. The van der Waals surface area contributed by atoms with Crippen LogP contribution in [0, 0.1) is 5.92 Å². The molecule has 0 aliphatic rings. The largest absolute Gasteiger partial charge is 0.483 e. The number of nitrogens with zero attached hydrogens (tertiary/aromatic N) is 1. The van der Waals surface area contributed by atoms with Crippen molar-refractivity contribution in [1.29, 1.82) is 0 Å². The van der Waals surface area contributed by atoms with Crippen LogP contribution in [0.5, 0.6) is 0 Å². The second-order valence-corrected chi connectivity index (χ2v) is 17.7. The van der Waals surface area contributed by atoms with Crippen LogP contribution >= 0.6 is 12.2 Å². The van der Waals surface area contributed by atoms with Gasteiger partial charge in [-0.25, -0.2) is 0 Å². The highest BCUT2D eigenvalue weighted by molar-refractivity contribution is 7.80. The summed E-state index contributed by atoms with van der Waals surface area (Å²) in [5, 5.41) is 14.0. The Morgan fingerprint density at radius 1 is 0.552 bits per heavy atom. The van der Waals surface area contributed by atoms with E-state index in [1.807, 2.05) is 7.05 Å². The average molecular weight is 840 g/mol. The molecule has 0 radical (unpaired) electrons. The van der Waals surface area contributed by atoms with Crippen LogP contribution in [0.15, 0.2) is 0 Å². The fraction of sp³-hybridized carbons (Fsp3) is 0.940. The number of hydrogen-bond donors (Lipinski definition) is 3. The van der Waals surface area contributed by atoms with Crippen molar-refractivity contribution in [2.24, 2.45) is 5.92 Å². The van der Waals surface area contributed by atoms with Crippen molar-refractivity contribution in [2.75, 3.05) is 33.2 Å². The minimum absolute atomic E-state index is 0.0307. The Morgan fingerprint density at radius 2 is 0.931 bits per heavy atom. The molecule has 0 amide bonds. The van der Waals surface area contributed by atoms with Crippen molar-refractivity contribution >= 4 is 29.8 Å². The lowest BCUT2D eigenvalue weighted by molar-refractivity contribution is -0.150. The predicted octanol–water partition coefficient (Wildman–Crippen LogP) is 14.7. The first kappa shape index (κ1) is 58.7. The number of esters is 1. The van der Waals surface area contributed by atoms with Gasteiger partial charge in [0.15, 0.2) is 5.11 Å². The molecule has 0 aromatic heterocycles. The predicted molar refractivity (Wildman–Crippen MR) is 257 cm³/mol. The Labute approximate surface area is 367 Å². The first-order chi connectivity index (χ1) is 28.4. The van der Waals surface area contributed by atoms with E-state index in [0.717, 1.165) is 62.6 Å². The fourth-order valence-corrected chi connectivity index (χ4v) is 8.31. The molecule has 0 aromatic carbocycles. The van der Waals surface area contributed by atoms with E-state index in [4.69, 9.17) is 26.9 Å². The molecule has 0 aromatic rings. The summed E-state index contributed by atoms with van der Waals surface area (Å²) < 4.78 is 5.92. The summed E-state index contributed by atoms with van der Waals surface area (Å²) in [6.07, 6.45) is 47.1. The third-order valence-corrected chi connectivity index (χ3v) is 12.2. The maximum absolute atomic E-state index is 12.6. The monoisotopic (exact) mass is 840 g/mol. The summed E-state index contributed by atoms with van der Waals surface area (Å²) in [7, 11) is 1.89. The third-order valence-electron chi connectivity index (χ3n) is 11.8. The molecule has 0 bridgehead atoms. The lowest BCUT2D eigenvalue weighted by Crippen LogP contribution is -2.35. The van der Waals surface area contributed by atoms with Crippen LogP contribution in [-0.4, -0.2) is 66.9 Å². The maximum Gasteiger partial charge on any atom is 0.306 e. The van der Waals surface area contributed by atoms with Crippen LogP contribution in [0.2, 0.25) is 0 Å². The molecular weight excluding hydrogens is 739 g/mol. The van der Waals surface area contributed by atoms with E-state index in [-0.39, 0.29) is 18.5 Å². The van der Waals surface area contributed by atoms with Crippen LogP contribution in [0.1, 0.15) is 259 Å². The van der Waals surface area contributed by atoms with Crippen molar-refractivity contribution in [3.8, 4) is 0 Å². The summed E-state index contributed by atoms with van der Waals surface area (Å²) in [4.78, 5) is 23.7. The van der Waals surface area contributed by atoms with Crippen molar-refractivity contribution in [1.82, 2.24) is 15.5 Å². The fourth-order valence-electron chi connectivity index (χ4n) is 8.20. The molecule has 3 N–H and O–H groups in total. The summed E-state index contributed by atoms with van der Waals surface area (Å²) in [5.74, 6) is 1.01. The van der Waals surface area contributed by atoms with Gasteiger partial charge in [-0.2, -0.15) is 0 Å². The Morgan fingerprint density at radius 3 is 1.36 bits per heavy atom. The van der Waals surface area contributed by atoms with Gasteiger partial charge >= 0.3 is 5.97 Å². The van der Waals surface area contributed by atoms with Crippen LogP contribution in [0.25, 0.3) is 0 Å². The van der Waals surface area contributed by atoms with Gasteiger partial charge in [-0.15, -0.1) is 0 Å². The van der Waals surface area contributed by atoms with E-state index in [1.165, 1.54) is 199 Å². The van der Waals surface area contributed by atoms with E-state index in [1.54, 1.807) is 0 Å². The summed E-state index contributed by atoms with van der Waals surface area (Å²) in [6, 6.07) is 0. The van der Waals surface area contributed by atoms with E-state index >= 15 is 0 Å². The molecular formula is C50H101N3O4S. The van der Waals surface area contributed by atoms with Gasteiger partial charge in [0.2, 0.25) is 0 Å². The molecule has 0 rings (SSSR count). The zero-order valence-electron chi connectivity index (χ0n) is 39.5. The standard InChI is InChI=1S/C49H99N3O2S.CH2O2/c1-6-10-13-16-21-28-37-46(38-29-22-17-14-11-7-2)39-30-23-19-26-33-43-52(45-35-42-51-49(55)50-5)44-34-27-20-25-32-41-48(53)54-47(36-9-4)40-31-24-18-15-12-8-3;2-1-3/h46-47H,6-45H2,1-5H3,(H2,50,51,55);1H,(H,2,3). The third kappa shape index (κ3) is 45.7. The van der Waals surface area contributed by atoms with Crippen molar-refractivity contribution in [2.45, 2.75) is 265 Å².